The van der Waals surface area contributed by atoms with Crippen molar-refractivity contribution in [2.45, 2.75) is 18.4 Å². The molecule has 0 unspecified atom stereocenters. The number of nitrogens with one attached hydrogen (secondary N) is 1. The summed E-state index contributed by atoms with van der Waals surface area (Å²) in [6.07, 6.45) is 0. The van der Waals surface area contributed by atoms with Gasteiger partial charge < -0.3 is 5.11 Å². The predicted octanol–water partition coefficient (Wildman–Crippen LogP) is 3.06. The van der Waals surface area contributed by atoms with Crippen LogP contribution in [0.25, 0.3) is 0 Å². The van der Waals surface area contributed by atoms with Gasteiger partial charge in [0.05, 0.1) is 3.79 Å². The van der Waals surface area contributed by atoms with Crippen LogP contribution in [-0.2, 0) is 16.6 Å². The minimum atomic E-state index is -3.74. The molecular formula is C11H10BrNO4S3. The molecule has 0 saturated carbocycles. The molecule has 2 aromatic heterocycles. The van der Waals surface area contributed by atoms with Crippen LogP contribution < -0.4 is 4.72 Å². The average molecular weight is 396 g/mol. The van der Waals surface area contributed by atoms with Crippen LogP contribution >= 0.6 is 38.6 Å². The lowest BCUT2D eigenvalue weighted by molar-refractivity contribution is 0.0702. The molecule has 0 aliphatic carbocycles. The van der Waals surface area contributed by atoms with Crippen LogP contribution in [0.1, 0.15) is 20.1 Å². The highest BCUT2D eigenvalue weighted by Gasteiger charge is 2.23. The maximum Gasteiger partial charge on any atom is 0.345 e. The van der Waals surface area contributed by atoms with Gasteiger partial charge in [0, 0.05) is 11.4 Å². The molecule has 0 bridgehead atoms. The topological polar surface area (TPSA) is 83.5 Å². The van der Waals surface area contributed by atoms with Gasteiger partial charge in [-0.2, -0.15) is 0 Å². The van der Waals surface area contributed by atoms with Crippen molar-refractivity contribution in [1.82, 2.24) is 4.72 Å². The Kier molecular flexibility index (Phi) is 4.65. The second-order valence-corrected chi connectivity index (χ2v) is 9.01. The van der Waals surface area contributed by atoms with Crippen LogP contribution in [0.2, 0.25) is 0 Å². The van der Waals surface area contributed by atoms with Crippen LogP contribution in [0.4, 0.5) is 0 Å². The number of carboxylic acid groups (broad SMARTS) is 1. The molecule has 5 nitrogen and oxygen atoms in total. The Balaban J connectivity index is 2.22. The van der Waals surface area contributed by atoms with Crippen LogP contribution in [0, 0.1) is 6.92 Å². The lowest BCUT2D eigenvalue weighted by Gasteiger charge is -2.05. The van der Waals surface area contributed by atoms with Crippen molar-refractivity contribution in [3.63, 3.8) is 0 Å². The average Bonchev–Trinajstić information content (AvgIpc) is 2.93. The van der Waals surface area contributed by atoms with Crippen LogP contribution in [-0.4, -0.2) is 19.5 Å². The molecule has 0 aliphatic rings. The van der Waals surface area contributed by atoms with Crippen LogP contribution in [0.3, 0.4) is 0 Å². The Morgan fingerprint density at radius 3 is 2.70 bits per heavy atom. The van der Waals surface area contributed by atoms with Crippen molar-refractivity contribution in [3.8, 4) is 0 Å². The zero-order chi connectivity index (χ0) is 14.9. The molecule has 2 heterocycles. The first-order valence-electron chi connectivity index (χ1n) is 5.36. The van der Waals surface area contributed by atoms with Gasteiger partial charge in [0.1, 0.15) is 9.77 Å². The van der Waals surface area contributed by atoms with Crippen molar-refractivity contribution >= 4 is 54.6 Å². The van der Waals surface area contributed by atoms with Gasteiger partial charge in [-0.25, -0.2) is 17.9 Å². The Bertz CT molecular complexity index is 748. The summed E-state index contributed by atoms with van der Waals surface area (Å²) in [5.74, 6) is -1.15. The predicted molar refractivity (Wildman–Crippen MR) is 82.1 cm³/mol. The molecule has 2 aromatic rings. The fourth-order valence-corrected chi connectivity index (χ4v) is 5.80. The summed E-state index contributed by atoms with van der Waals surface area (Å²) in [5.41, 5.74) is 1.02. The zero-order valence-corrected chi connectivity index (χ0v) is 14.2. The molecule has 9 heteroatoms. The zero-order valence-electron chi connectivity index (χ0n) is 10.2. The number of halogens is 1. The van der Waals surface area contributed by atoms with Crippen LogP contribution in [0.15, 0.2) is 26.2 Å². The summed E-state index contributed by atoms with van der Waals surface area (Å²) < 4.78 is 27.1. The summed E-state index contributed by atoms with van der Waals surface area (Å²) in [6.45, 7) is 2.10. The number of thiophene rings is 2. The van der Waals surface area contributed by atoms with Crippen molar-refractivity contribution < 1.29 is 18.3 Å². The molecule has 0 saturated heterocycles. The summed E-state index contributed by atoms with van der Waals surface area (Å²) in [4.78, 5) is 11.7. The first-order chi connectivity index (χ1) is 9.31. The van der Waals surface area contributed by atoms with Gasteiger partial charge >= 0.3 is 5.97 Å². The van der Waals surface area contributed by atoms with Crippen molar-refractivity contribution in [2.24, 2.45) is 0 Å². The van der Waals surface area contributed by atoms with Crippen LogP contribution in [0.5, 0.6) is 0 Å². The quantitative estimate of drug-likeness (QED) is 0.814. The fourth-order valence-electron chi connectivity index (χ4n) is 1.46. The summed E-state index contributed by atoms with van der Waals surface area (Å²) in [7, 11) is -3.74. The third-order valence-electron chi connectivity index (χ3n) is 2.55. The lowest BCUT2D eigenvalue weighted by atomic mass is 10.3. The number of sulfonamides is 1. The van der Waals surface area contributed by atoms with E-state index in [4.69, 9.17) is 5.11 Å². The first-order valence-corrected chi connectivity index (χ1v) is 9.34. The molecule has 2 N–H and O–H groups in total. The molecule has 0 aromatic carbocycles. The molecular weight excluding hydrogens is 386 g/mol. The van der Waals surface area contributed by atoms with E-state index in [1.54, 1.807) is 0 Å². The summed E-state index contributed by atoms with van der Waals surface area (Å²) in [6, 6.07) is 3.07. The highest BCUT2D eigenvalue weighted by atomic mass is 79.9. The van der Waals surface area contributed by atoms with Crippen molar-refractivity contribution in [1.29, 1.82) is 0 Å². The standard InChI is InChI=1S/C11H10BrNO4S3/c1-6-2-3-18-8(6)5-13-20(16,17)9-4-7(11(14)15)19-10(9)12/h2-4,13H,5H2,1H3,(H,14,15). The molecule has 0 radical (unpaired) electrons. The smallest absolute Gasteiger partial charge is 0.345 e. The van der Waals surface area contributed by atoms with Gasteiger partial charge in [-0.15, -0.1) is 22.7 Å². The Morgan fingerprint density at radius 2 is 2.20 bits per heavy atom. The van der Waals surface area contributed by atoms with E-state index in [-0.39, 0.29) is 20.1 Å². The third kappa shape index (κ3) is 3.29. The largest absolute Gasteiger partial charge is 0.477 e. The molecule has 108 valence electrons. The lowest BCUT2D eigenvalue weighted by Crippen LogP contribution is -2.23. The number of hydrogen-bond donors (Lipinski definition) is 2. The molecule has 0 fully saturated rings. The Hall–Kier alpha value is -0.740. The van der Waals surface area contributed by atoms with Gasteiger partial charge in [0.2, 0.25) is 10.0 Å². The molecule has 0 aliphatic heterocycles. The number of aryl methyl sites for hydroxylation is 1. The van der Waals surface area contributed by atoms with Gasteiger partial charge in [0.25, 0.3) is 0 Å². The summed E-state index contributed by atoms with van der Waals surface area (Å²) in [5, 5.41) is 10.8. The third-order valence-corrected chi connectivity index (χ3v) is 7.21. The normalized spacial score (nSPS) is 11.7. The number of carbonyl (C=O) groups is 1. The highest BCUT2D eigenvalue weighted by molar-refractivity contribution is 9.11. The van der Waals surface area contributed by atoms with Gasteiger partial charge in [-0.05, 0) is 45.9 Å². The highest BCUT2D eigenvalue weighted by Crippen LogP contribution is 2.31. The second-order valence-electron chi connectivity index (χ2n) is 3.91. The molecule has 0 amide bonds. The molecule has 20 heavy (non-hydrogen) atoms. The first kappa shape index (κ1) is 15.6. The van der Waals surface area contributed by atoms with Crippen molar-refractivity contribution in [2.75, 3.05) is 0 Å². The number of aromatic carboxylic acids is 1. The monoisotopic (exact) mass is 395 g/mol. The number of hydrogen-bond acceptors (Lipinski definition) is 5. The Labute approximate surface area is 132 Å². The van der Waals surface area contributed by atoms with E-state index in [2.05, 4.69) is 20.7 Å². The molecule has 0 atom stereocenters. The second kappa shape index (κ2) is 5.94. The van der Waals surface area contributed by atoms with E-state index in [1.165, 1.54) is 11.3 Å². The maximum absolute atomic E-state index is 12.2. The minimum absolute atomic E-state index is 0.0236. The van der Waals surface area contributed by atoms with E-state index in [0.717, 1.165) is 27.8 Å². The molecule has 0 spiro atoms. The minimum Gasteiger partial charge on any atom is -0.477 e. The van der Waals surface area contributed by atoms with E-state index in [0.29, 0.717) is 0 Å². The maximum atomic E-state index is 12.2. The fraction of sp³-hybridized carbons (Fsp3) is 0.182. The van der Waals surface area contributed by atoms with Crippen molar-refractivity contribution in [3.05, 3.63) is 36.6 Å². The van der Waals surface area contributed by atoms with E-state index >= 15 is 0 Å². The number of rotatable bonds is 5. The van der Waals surface area contributed by atoms with E-state index in [9.17, 15) is 13.2 Å². The van der Waals surface area contributed by atoms with Gasteiger partial charge in [0.15, 0.2) is 0 Å². The molecule has 2 rings (SSSR count). The van der Waals surface area contributed by atoms with Gasteiger partial charge in [-0.1, -0.05) is 0 Å². The van der Waals surface area contributed by atoms with Gasteiger partial charge in [-0.3, -0.25) is 0 Å². The summed E-state index contributed by atoms with van der Waals surface area (Å²) >= 11 is 5.44. The SMILES string of the molecule is Cc1ccsc1CNS(=O)(=O)c1cc(C(=O)O)sc1Br. The van der Waals surface area contributed by atoms with E-state index in [1.807, 2.05) is 18.4 Å². The van der Waals surface area contributed by atoms with E-state index < -0.39 is 16.0 Å². The number of carboxylic acids is 1. The Morgan fingerprint density at radius 1 is 1.50 bits per heavy atom.